The lowest BCUT2D eigenvalue weighted by atomic mass is 10.1. The molecule has 1 aromatic heterocycles. The van der Waals surface area contributed by atoms with E-state index in [1.807, 2.05) is 0 Å². The summed E-state index contributed by atoms with van der Waals surface area (Å²) in [6, 6.07) is -0.320. The van der Waals surface area contributed by atoms with Gasteiger partial charge in [0.05, 0.1) is 30.4 Å². The number of likely N-dealkylation sites (N-methyl/N-ethyl adjacent to an activating group) is 1. The third-order valence-electron chi connectivity index (χ3n) is 3.32. The van der Waals surface area contributed by atoms with Crippen molar-refractivity contribution in [1.29, 1.82) is 0 Å². The summed E-state index contributed by atoms with van der Waals surface area (Å²) in [6.07, 6.45) is 5.73. The monoisotopic (exact) mass is 251 g/mol. The number of nitrogens with zero attached hydrogens (tertiary/aromatic N) is 2. The van der Waals surface area contributed by atoms with E-state index >= 15 is 0 Å². The molecule has 0 unspecified atom stereocenters. The second-order valence-electron chi connectivity index (χ2n) is 4.49. The van der Waals surface area contributed by atoms with Gasteiger partial charge in [0.15, 0.2) is 0 Å². The van der Waals surface area contributed by atoms with Crippen molar-refractivity contribution in [3.8, 4) is 0 Å². The van der Waals surface area contributed by atoms with E-state index in [4.69, 9.17) is 0 Å². The summed E-state index contributed by atoms with van der Waals surface area (Å²) in [7, 11) is 1.63. The average Bonchev–Trinajstić information content (AvgIpc) is 2.97. The molecule has 1 aromatic rings. The van der Waals surface area contributed by atoms with Gasteiger partial charge < -0.3 is 20.1 Å². The summed E-state index contributed by atoms with van der Waals surface area (Å²) >= 11 is 0. The van der Waals surface area contributed by atoms with Crippen LogP contribution < -0.4 is 0 Å². The summed E-state index contributed by atoms with van der Waals surface area (Å²) in [6.45, 7) is 0. The molecule has 3 atom stereocenters. The largest absolute Gasteiger partial charge is 0.390 e. The predicted molar refractivity (Wildman–Crippen MR) is 65.4 cm³/mol. The van der Waals surface area contributed by atoms with Crippen LogP contribution in [0.5, 0.6) is 0 Å². The average molecular weight is 251 g/mol. The minimum absolute atomic E-state index is 0.206. The highest BCUT2D eigenvalue weighted by Crippen LogP contribution is 2.24. The molecule has 1 aliphatic carbocycles. The van der Waals surface area contributed by atoms with Crippen molar-refractivity contribution < 1.29 is 15.0 Å². The number of imidazole rings is 1. The van der Waals surface area contributed by atoms with Crippen molar-refractivity contribution in [2.75, 3.05) is 7.05 Å². The Morgan fingerprint density at radius 1 is 1.56 bits per heavy atom. The Labute approximate surface area is 105 Å². The van der Waals surface area contributed by atoms with Gasteiger partial charge in [0, 0.05) is 13.1 Å². The number of rotatable bonds is 3. The molecule has 2 rings (SSSR count). The van der Waals surface area contributed by atoms with Crippen LogP contribution in [0.4, 0.5) is 0 Å². The number of H-pyrrole nitrogens is 1. The molecular formula is C12H17N3O3. The maximum absolute atomic E-state index is 11.9. The van der Waals surface area contributed by atoms with Crippen molar-refractivity contribution >= 4 is 12.0 Å². The van der Waals surface area contributed by atoms with Crippen molar-refractivity contribution in [3.05, 3.63) is 24.3 Å². The van der Waals surface area contributed by atoms with Gasteiger partial charge in [-0.3, -0.25) is 4.79 Å². The molecule has 1 saturated carbocycles. The van der Waals surface area contributed by atoms with Gasteiger partial charge in [0.2, 0.25) is 5.91 Å². The fourth-order valence-electron chi connectivity index (χ4n) is 2.16. The van der Waals surface area contributed by atoms with Crippen LogP contribution >= 0.6 is 0 Å². The number of carbonyl (C=O) groups excluding carboxylic acids is 1. The number of hydrogen-bond donors (Lipinski definition) is 3. The van der Waals surface area contributed by atoms with Crippen LogP contribution in [0.2, 0.25) is 0 Å². The van der Waals surface area contributed by atoms with E-state index in [-0.39, 0.29) is 11.9 Å². The highest BCUT2D eigenvalue weighted by Gasteiger charge is 2.37. The molecule has 3 N–H and O–H groups in total. The first-order valence-corrected chi connectivity index (χ1v) is 5.89. The van der Waals surface area contributed by atoms with E-state index in [1.54, 1.807) is 19.3 Å². The molecule has 0 bridgehead atoms. The molecule has 98 valence electrons. The van der Waals surface area contributed by atoms with Crippen LogP contribution in [-0.2, 0) is 4.79 Å². The molecule has 0 aromatic carbocycles. The summed E-state index contributed by atoms with van der Waals surface area (Å²) in [4.78, 5) is 20.1. The maximum atomic E-state index is 11.9. The molecule has 0 spiro atoms. The first-order chi connectivity index (χ1) is 8.59. The first-order valence-electron chi connectivity index (χ1n) is 5.89. The predicted octanol–water partition coefficient (Wildman–Crippen LogP) is -0.235. The topological polar surface area (TPSA) is 89.5 Å². The van der Waals surface area contributed by atoms with Gasteiger partial charge >= 0.3 is 0 Å². The normalized spacial score (nSPS) is 27.8. The quantitative estimate of drug-likeness (QED) is 0.647. The van der Waals surface area contributed by atoms with Crippen LogP contribution in [0.25, 0.3) is 6.08 Å². The van der Waals surface area contributed by atoms with Gasteiger partial charge in [-0.15, -0.1) is 0 Å². The van der Waals surface area contributed by atoms with E-state index in [0.717, 1.165) is 5.69 Å². The lowest BCUT2D eigenvalue weighted by molar-refractivity contribution is -0.129. The second kappa shape index (κ2) is 5.32. The molecular weight excluding hydrogens is 234 g/mol. The molecule has 1 amide bonds. The van der Waals surface area contributed by atoms with Crippen molar-refractivity contribution in [3.63, 3.8) is 0 Å². The van der Waals surface area contributed by atoms with E-state index < -0.39 is 12.2 Å². The molecule has 0 saturated heterocycles. The zero-order chi connectivity index (χ0) is 13.1. The van der Waals surface area contributed by atoms with Gasteiger partial charge in [0.25, 0.3) is 0 Å². The van der Waals surface area contributed by atoms with Crippen LogP contribution in [0.1, 0.15) is 18.5 Å². The third-order valence-corrected chi connectivity index (χ3v) is 3.32. The number of nitrogens with one attached hydrogen (secondary N) is 1. The molecule has 0 radical (unpaired) electrons. The van der Waals surface area contributed by atoms with Crippen LogP contribution in [0.15, 0.2) is 18.6 Å². The zero-order valence-corrected chi connectivity index (χ0v) is 10.2. The third kappa shape index (κ3) is 2.60. The molecule has 1 heterocycles. The fourth-order valence-corrected chi connectivity index (χ4v) is 2.16. The lowest BCUT2D eigenvalue weighted by Crippen LogP contribution is -2.43. The maximum Gasteiger partial charge on any atom is 0.246 e. The van der Waals surface area contributed by atoms with Gasteiger partial charge in [-0.2, -0.15) is 0 Å². The van der Waals surface area contributed by atoms with Gasteiger partial charge in [-0.05, 0) is 18.9 Å². The highest BCUT2D eigenvalue weighted by atomic mass is 16.3. The van der Waals surface area contributed by atoms with Gasteiger partial charge in [-0.1, -0.05) is 0 Å². The van der Waals surface area contributed by atoms with Crippen molar-refractivity contribution in [1.82, 2.24) is 14.9 Å². The number of aliphatic hydroxyl groups is 2. The molecule has 1 aliphatic rings. The number of hydrogen-bond acceptors (Lipinski definition) is 4. The summed E-state index contributed by atoms with van der Waals surface area (Å²) in [5, 5.41) is 19.2. The Morgan fingerprint density at radius 2 is 2.33 bits per heavy atom. The SMILES string of the molecule is CN(C(=O)/C=C/c1cnc[nH]1)[C@@H]1CC[C@@H](O)[C@@H]1O. The summed E-state index contributed by atoms with van der Waals surface area (Å²) < 4.78 is 0. The molecule has 18 heavy (non-hydrogen) atoms. The van der Waals surface area contributed by atoms with Gasteiger partial charge in [-0.25, -0.2) is 4.98 Å². The second-order valence-corrected chi connectivity index (χ2v) is 4.49. The first kappa shape index (κ1) is 12.8. The number of aromatic amines is 1. The standard InChI is InChI=1S/C12H17N3O3/c1-15(9-3-4-10(16)12(9)18)11(17)5-2-8-6-13-7-14-8/h2,5-7,9-10,12,16,18H,3-4H2,1H3,(H,13,14)/b5-2+/t9-,10-,12-/m1/s1. The van der Waals surface area contributed by atoms with E-state index in [9.17, 15) is 15.0 Å². The number of amides is 1. The highest BCUT2D eigenvalue weighted by molar-refractivity contribution is 5.91. The lowest BCUT2D eigenvalue weighted by Gasteiger charge is -2.26. The zero-order valence-electron chi connectivity index (χ0n) is 10.2. The minimum Gasteiger partial charge on any atom is -0.390 e. The Bertz CT molecular complexity index is 430. The smallest absolute Gasteiger partial charge is 0.246 e. The van der Waals surface area contributed by atoms with Crippen molar-refractivity contribution in [2.24, 2.45) is 0 Å². The number of aliphatic hydroxyl groups excluding tert-OH is 2. The number of aromatic nitrogens is 2. The van der Waals surface area contributed by atoms with Crippen LogP contribution in [-0.4, -0.2) is 56.3 Å². The molecule has 0 aliphatic heterocycles. The molecule has 6 nitrogen and oxygen atoms in total. The minimum atomic E-state index is -0.862. The fraction of sp³-hybridized carbons (Fsp3) is 0.500. The Hall–Kier alpha value is -1.66. The van der Waals surface area contributed by atoms with Crippen LogP contribution in [0, 0.1) is 0 Å². The molecule has 6 heteroatoms. The molecule has 1 fully saturated rings. The Kier molecular flexibility index (Phi) is 3.78. The Morgan fingerprint density at radius 3 is 2.89 bits per heavy atom. The van der Waals surface area contributed by atoms with Crippen molar-refractivity contribution in [2.45, 2.75) is 31.1 Å². The summed E-state index contributed by atoms with van der Waals surface area (Å²) in [5.74, 6) is -0.206. The number of carbonyl (C=O) groups is 1. The van der Waals surface area contributed by atoms with Crippen LogP contribution in [0.3, 0.4) is 0 Å². The summed E-state index contributed by atoms with van der Waals surface area (Å²) in [5.41, 5.74) is 0.740. The van der Waals surface area contributed by atoms with E-state index in [2.05, 4.69) is 9.97 Å². The van der Waals surface area contributed by atoms with E-state index in [1.165, 1.54) is 17.3 Å². The van der Waals surface area contributed by atoms with Gasteiger partial charge in [0.1, 0.15) is 6.10 Å². The van der Waals surface area contributed by atoms with E-state index in [0.29, 0.717) is 12.8 Å². The Balaban J connectivity index is 1.97.